The molecule has 0 radical (unpaired) electrons. The summed E-state index contributed by atoms with van der Waals surface area (Å²) < 4.78 is 5.63. The molecule has 6 nitrogen and oxygen atoms in total. The fourth-order valence-corrected chi connectivity index (χ4v) is 2.49. The van der Waals surface area contributed by atoms with E-state index in [2.05, 4.69) is 20.9 Å². The molecule has 0 aliphatic heterocycles. The van der Waals surface area contributed by atoms with Crippen LogP contribution in [0.25, 0.3) is 0 Å². The van der Waals surface area contributed by atoms with E-state index in [1.165, 1.54) is 0 Å². The normalized spacial score (nSPS) is 12.1. The summed E-state index contributed by atoms with van der Waals surface area (Å²) in [7, 11) is 3.37. The summed E-state index contributed by atoms with van der Waals surface area (Å²) in [4.78, 5) is 15.9. The van der Waals surface area contributed by atoms with E-state index in [-0.39, 0.29) is 35.9 Å². The number of aliphatic imine (C=N–C) groups is 1. The second kappa shape index (κ2) is 10.8. The first-order valence-corrected chi connectivity index (χ1v) is 8.38. The molecule has 1 atom stereocenters. The predicted octanol–water partition coefficient (Wildman–Crippen LogP) is 3.03. The molecule has 0 saturated carbocycles. The van der Waals surface area contributed by atoms with Gasteiger partial charge in [0.05, 0.1) is 6.04 Å². The third-order valence-electron chi connectivity index (χ3n) is 3.89. The van der Waals surface area contributed by atoms with Crippen molar-refractivity contribution in [3.05, 3.63) is 59.0 Å². The molecule has 2 aromatic rings. The Morgan fingerprint density at radius 3 is 2.65 bits per heavy atom. The quantitative estimate of drug-likeness (QED) is 0.345. The maximum absolute atomic E-state index is 11.7. The number of nitrogens with zero attached hydrogens (tertiary/aromatic N) is 1. The van der Waals surface area contributed by atoms with Gasteiger partial charge in [-0.3, -0.25) is 9.79 Å². The zero-order chi connectivity index (χ0) is 18.2. The van der Waals surface area contributed by atoms with Crippen molar-refractivity contribution in [2.24, 2.45) is 4.99 Å². The summed E-state index contributed by atoms with van der Waals surface area (Å²) in [5.41, 5.74) is 1.77. The molecule has 1 amide bonds. The van der Waals surface area contributed by atoms with Crippen molar-refractivity contribution < 1.29 is 9.21 Å². The van der Waals surface area contributed by atoms with Crippen LogP contribution in [0, 0.1) is 6.92 Å². The molecule has 7 heteroatoms. The Kier molecular flexibility index (Phi) is 9.18. The second-order valence-corrected chi connectivity index (χ2v) is 5.84. The van der Waals surface area contributed by atoms with Crippen LogP contribution in [0.5, 0.6) is 0 Å². The number of aryl methyl sites for hydroxylation is 1. The highest BCUT2D eigenvalue weighted by Gasteiger charge is 2.11. The number of amides is 1. The number of rotatable bonds is 6. The molecule has 0 aliphatic rings. The average molecular weight is 470 g/mol. The van der Waals surface area contributed by atoms with E-state index in [1.807, 2.05) is 50.2 Å². The Labute approximate surface area is 171 Å². The molecule has 142 valence electrons. The number of nitrogens with one attached hydrogen (secondary N) is 3. The van der Waals surface area contributed by atoms with Gasteiger partial charge in [0, 0.05) is 26.2 Å². The van der Waals surface area contributed by atoms with Gasteiger partial charge in [-0.2, -0.15) is 0 Å². The number of halogens is 1. The molecule has 0 spiro atoms. The van der Waals surface area contributed by atoms with Crippen molar-refractivity contribution in [2.75, 3.05) is 20.6 Å². The van der Waals surface area contributed by atoms with E-state index in [0.717, 1.165) is 23.5 Å². The smallest absolute Gasteiger partial charge is 0.251 e. The lowest BCUT2D eigenvalue weighted by atomic mass is 10.1. The summed E-state index contributed by atoms with van der Waals surface area (Å²) in [6.45, 7) is 4.66. The summed E-state index contributed by atoms with van der Waals surface area (Å²) in [5, 5.41) is 9.23. The van der Waals surface area contributed by atoms with E-state index in [4.69, 9.17) is 4.42 Å². The molecule has 0 fully saturated rings. The van der Waals surface area contributed by atoms with Crippen molar-refractivity contribution >= 4 is 35.8 Å². The van der Waals surface area contributed by atoms with Gasteiger partial charge in [-0.1, -0.05) is 12.1 Å². The molecule has 2 rings (SSSR count). The summed E-state index contributed by atoms with van der Waals surface area (Å²) in [6, 6.07) is 11.6. The minimum absolute atomic E-state index is 0. The van der Waals surface area contributed by atoms with Gasteiger partial charge in [0.15, 0.2) is 5.96 Å². The van der Waals surface area contributed by atoms with E-state index in [0.29, 0.717) is 18.1 Å². The first-order valence-electron chi connectivity index (χ1n) is 8.38. The van der Waals surface area contributed by atoms with Crippen molar-refractivity contribution in [1.82, 2.24) is 16.0 Å². The minimum Gasteiger partial charge on any atom is -0.464 e. The van der Waals surface area contributed by atoms with E-state index in [9.17, 15) is 4.79 Å². The summed E-state index contributed by atoms with van der Waals surface area (Å²) >= 11 is 0. The number of hydrogen-bond donors (Lipinski definition) is 3. The van der Waals surface area contributed by atoms with Crippen molar-refractivity contribution in [3.63, 3.8) is 0 Å². The SMILES string of the molecule is CN=C(NCCc1cccc(C(=O)NC)c1)NC(C)c1ccc(C)o1.I. The number of furan rings is 1. The van der Waals surface area contributed by atoms with Crippen LogP contribution < -0.4 is 16.0 Å². The number of carbonyl (C=O) groups is 1. The molecule has 26 heavy (non-hydrogen) atoms. The lowest BCUT2D eigenvalue weighted by molar-refractivity contribution is 0.0963. The van der Waals surface area contributed by atoms with Crippen LogP contribution in [0.3, 0.4) is 0 Å². The molecule has 1 heterocycles. The first kappa shape index (κ1) is 22.0. The molecular weight excluding hydrogens is 443 g/mol. The maximum atomic E-state index is 11.7. The first-order chi connectivity index (χ1) is 12.0. The highest BCUT2D eigenvalue weighted by Crippen LogP contribution is 2.15. The largest absolute Gasteiger partial charge is 0.464 e. The van der Waals surface area contributed by atoms with Gasteiger partial charge >= 0.3 is 0 Å². The Hall–Kier alpha value is -2.03. The molecule has 3 N–H and O–H groups in total. The third kappa shape index (κ3) is 6.36. The van der Waals surface area contributed by atoms with Crippen LogP contribution >= 0.6 is 24.0 Å². The maximum Gasteiger partial charge on any atom is 0.251 e. The highest BCUT2D eigenvalue weighted by atomic mass is 127. The lowest BCUT2D eigenvalue weighted by Crippen LogP contribution is -2.39. The Bertz CT molecular complexity index is 743. The zero-order valence-electron chi connectivity index (χ0n) is 15.6. The Balaban J connectivity index is 0.00000338. The molecule has 0 bridgehead atoms. The number of benzene rings is 1. The standard InChI is InChI=1S/C19H26N4O2.HI/c1-13-8-9-17(25-13)14(2)23-19(21-4)22-11-10-15-6-5-7-16(12-15)18(24)20-3;/h5-9,12,14H,10-11H2,1-4H3,(H,20,24)(H2,21,22,23);1H. The van der Waals surface area contributed by atoms with Gasteiger partial charge < -0.3 is 20.4 Å². The third-order valence-corrected chi connectivity index (χ3v) is 3.89. The summed E-state index contributed by atoms with van der Waals surface area (Å²) in [5.74, 6) is 2.40. The molecule has 1 aromatic carbocycles. The second-order valence-electron chi connectivity index (χ2n) is 5.84. The van der Waals surface area contributed by atoms with Crippen LogP contribution in [-0.4, -0.2) is 32.5 Å². The number of hydrogen-bond acceptors (Lipinski definition) is 3. The summed E-state index contributed by atoms with van der Waals surface area (Å²) in [6.07, 6.45) is 0.791. The van der Waals surface area contributed by atoms with Crippen molar-refractivity contribution in [2.45, 2.75) is 26.3 Å². The molecule has 0 saturated heterocycles. The van der Waals surface area contributed by atoms with Crippen LogP contribution in [-0.2, 0) is 6.42 Å². The van der Waals surface area contributed by atoms with Crippen LogP contribution in [0.15, 0.2) is 45.8 Å². The average Bonchev–Trinajstić information content (AvgIpc) is 3.06. The fourth-order valence-electron chi connectivity index (χ4n) is 2.49. The van der Waals surface area contributed by atoms with Crippen LogP contribution in [0.2, 0.25) is 0 Å². The predicted molar refractivity (Wildman–Crippen MR) is 115 cm³/mol. The van der Waals surface area contributed by atoms with Crippen LogP contribution in [0.1, 0.15) is 40.4 Å². The lowest BCUT2D eigenvalue weighted by Gasteiger charge is -2.16. The van der Waals surface area contributed by atoms with Crippen molar-refractivity contribution in [1.29, 1.82) is 0 Å². The van der Waals surface area contributed by atoms with Crippen LogP contribution in [0.4, 0.5) is 0 Å². The topological polar surface area (TPSA) is 78.7 Å². The highest BCUT2D eigenvalue weighted by molar-refractivity contribution is 14.0. The molecule has 0 aliphatic carbocycles. The van der Waals surface area contributed by atoms with Gasteiger partial charge in [-0.05, 0) is 50.1 Å². The van der Waals surface area contributed by atoms with E-state index >= 15 is 0 Å². The zero-order valence-corrected chi connectivity index (χ0v) is 18.0. The number of carbonyl (C=O) groups excluding carboxylic acids is 1. The monoisotopic (exact) mass is 470 g/mol. The van der Waals surface area contributed by atoms with Gasteiger partial charge in [0.2, 0.25) is 0 Å². The van der Waals surface area contributed by atoms with E-state index in [1.54, 1.807) is 14.1 Å². The van der Waals surface area contributed by atoms with Gasteiger partial charge in [-0.15, -0.1) is 24.0 Å². The Morgan fingerprint density at radius 2 is 2.04 bits per heavy atom. The van der Waals surface area contributed by atoms with E-state index < -0.39 is 0 Å². The molecule has 1 aromatic heterocycles. The van der Waals surface area contributed by atoms with Gasteiger partial charge in [0.25, 0.3) is 5.91 Å². The van der Waals surface area contributed by atoms with Gasteiger partial charge in [-0.25, -0.2) is 0 Å². The fraction of sp³-hybridized carbons (Fsp3) is 0.368. The Morgan fingerprint density at radius 1 is 1.27 bits per heavy atom. The van der Waals surface area contributed by atoms with Gasteiger partial charge in [0.1, 0.15) is 11.5 Å². The molecular formula is C19H27IN4O2. The number of guanidine groups is 1. The molecule has 1 unspecified atom stereocenters. The van der Waals surface area contributed by atoms with Crippen molar-refractivity contribution in [3.8, 4) is 0 Å². The minimum atomic E-state index is -0.0742.